The van der Waals surface area contributed by atoms with Gasteiger partial charge in [0.05, 0.1) is 0 Å². The second kappa shape index (κ2) is 5.58. The zero-order chi connectivity index (χ0) is 8.81. The summed E-state index contributed by atoms with van der Waals surface area (Å²) in [6.07, 6.45) is 10.3. The van der Waals surface area contributed by atoms with Crippen LogP contribution in [-0.2, 0) is 0 Å². The minimum Gasteiger partial charge on any atom is -0.309 e. The van der Waals surface area contributed by atoms with Crippen molar-refractivity contribution in [3.63, 3.8) is 0 Å². The van der Waals surface area contributed by atoms with E-state index in [1.807, 2.05) is 0 Å². The Bertz CT molecular complexity index is 99.6. The van der Waals surface area contributed by atoms with Crippen LogP contribution in [0.1, 0.15) is 44.9 Å². The average Bonchev–Trinajstić information content (AvgIpc) is 2.79. The standard InChI is InChI=1S/C11H23N/c1-12(2)10-6-4-3-5-7-11-8-9-11/h11H,3-10H2,1-2H3. The maximum Gasteiger partial charge on any atom is -0.00248 e. The molecule has 1 fully saturated rings. The van der Waals surface area contributed by atoms with Gasteiger partial charge < -0.3 is 4.90 Å². The van der Waals surface area contributed by atoms with E-state index >= 15 is 0 Å². The fraction of sp³-hybridized carbons (Fsp3) is 1.00. The molecule has 72 valence electrons. The zero-order valence-electron chi connectivity index (χ0n) is 8.68. The number of rotatable bonds is 7. The van der Waals surface area contributed by atoms with Crippen LogP contribution in [0.25, 0.3) is 0 Å². The minimum absolute atomic E-state index is 1.14. The molecule has 0 aromatic carbocycles. The van der Waals surface area contributed by atoms with Crippen molar-refractivity contribution < 1.29 is 0 Å². The van der Waals surface area contributed by atoms with Crippen molar-refractivity contribution in [1.82, 2.24) is 4.90 Å². The van der Waals surface area contributed by atoms with Gasteiger partial charge in [-0.2, -0.15) is 0 Å². The van der Waals surface area contributed by atoms with Gasteiger partial charge in [-0.15, -0.1) is 0 Å². The quantitative estimate of drug-likeness (QED) is 0.530. The van der Waals surface area contributed by atoms with Gasteiger partial charge in [-0.05, 0) is 33.0 Å². The van der Waals surface area contributed by atoms with Crippen molar-refractivity contribution in [2.45, 2.75) is 44.9 Å². The molecule has 0 saturated heterocycles. The molecular weight excluding hydrogens is 146 g/mol. The van der Waals surface area contributed by atoms with E-state index in [0.717, 1.165) is 5.92 Å². The van der Waals surface area contributed by atoms with Crippen LogP contribution >= 0.6 is 0 Å². The Morgan fingerprint density at radius 2 is 1.67 bits per heavy atom. The second-order valence-corrected chi connectivity index (χ2v) is 4.45. The van der Waals surface area contributed by atoms with Crippen molar-refractivity contribution in [3.8, 4) is 0 Å². The molecule has 1 aliphatic rings. The molecule has 0 radical (unpaired) electrons. The summed E-state index contributed by atoms with van der Waals surface area (Å²) in [5.41, 5.74) is 0. The van der Waals surface area contributed by atoms with E-state index in [1.54, 1.807) is 0 Å². The molecule has 0 bridgehead atoms. The van der Waals surface area contributed by atoms with Crippen LogP contribution in [0, 0.1) is 5.92 Å². The molecule has 1 heteroatoms. The topological polar surface area (TPSA) is 3.24 Å². The third-order valence-corrected chi connectivity index (χ3v) is 2.66. The molecular formula is C11H23N. The van der Waals surface area contributed by atoms with Crippen molar-refractivity contribution in [2.24, 2.45) is 5.92 Å². The van der Waals surface area contributed by atoms with Crippen LogP contribution in [0.3, 0.4) is 0 Å². The fourth-order valence-electron chi connectivity index (χ4n) is 1.62. The van der Waals surface area contributed by atoms with Crippen LogP contribution in [0.4, 0.5) is 0 Å². The van der Waals surface area contributed by atoms with Gasteiger partial charge in [0.1, 0.15) is 0 Å². The lowest BCUT2D eigenvalue weighted by molar-refractivity contribution is 0.389. The van der Waals surface area contributed by atoms with Crippen molar-refractivity contribution in [3.05, 3.63) is 0 Å². The monoisotopic (exact) mass is 169 g/mol. The van der Waals surface area contributed by atoms with Crippen LogP contribution in [0.2, 0.25) is 0 Å². The molecule has 12 heavy (non-hydrogen) atoms. The lowest BCUT2D eigenvalue weighted by atomic mass is 10.1. The molecule has 0 unspecified atom stereocenters. The van der Waals surface area contributed by atoms with Crippen molar-refractivity contribution >= 4 is 0 Å². The highest BCUT2D eigenvalue weighted by atomic mass is 15.0. The van der Waals surface area contributed by atoms with Crippen LogP contribution in [0.5, 0.6) is 0 Å². The summed E-state index contributed by atoms with van der Waals surface area (Å²) in [4.78, 5) is 2.28. The predicted octanol–water partition coefficient (Wildman–Crippen LogP) is 2.91. The van der Waals surface area contributed by atoms with E-state index in [4.69, 9.17) is 0 Å². The number of hydrogen-bond donors (Lipinski definition) is 0. The highest BCUT2D eigenvalue weighted by molar-refractivity contribution is 4.72. The first kappa shape index (κ1) is 10.0. The number of unbranched alkanes of at least 4 members (excludes halogenated alkanes) is 3. The molecule has 0 aromatic heterocycles. The van der Waals surface area contributed by atoms with E-state index in [0.29, 0.717) is 0 Å². The average molecular weight is 169 g/mol. The van der Waals surface area contributed by atoms with E-state index in [1.165, 1.54) is 51.5 Å². The van der Waals surface area contributed by atoms with E-state index in [9.17, 15) is 0 Å². The largest absolute Gasteiger partial charge is 0.309 e. The molecule has 1 nitrogen and oxygen atoms in total. The van der Waals surface area contributed by atoms with Gasteiger partial charge >= 0.3 is 0 Å². The third-order valence-electron chi connectivity index (χ3n) is 2.66. The summed E-state index contributed by atoms with van der Waals surface area (Å²) in [6, 6.07) is 0. The third kappa shape index (κ3) is 5.59. The SMILES string of the molecule is CN(C)CCCCCCC1CC1. The molecule has 0 heterocycles. The normalized spacial score (nSPS) is 17.2. The Balaban J connectivity index is 1.70. The minimum atomic E-state index is 1.14. The molecule has 0 aliphatic heterocycles. The lowest BCUT2D eigenvalue weighted by Crippen LogP contribution is -2.12. The van der Waals surface area contributed by atoms with Crippen molar-refractivity contribution in [1.29, 1.82) is 0 Å². The highest BCUT2D eigenvalue weighted by Crippen LogP contribution is 2.34. The molecule has 1 saturated carbocycles. The molecule has 0 aromatic rings. The Morgan fingerprint density at radius 1 is 1.00 bits per heavy atom. The van der Waals surface area contributed by atoms with E-state index in [-0.39, 0.29) is 0 Å². The molecule has 1 rings (SSSR count). The first-order valence-corrected chi connectivity index (χ1v) is 5.44. The van der Waals surface area contributed by atoms with Gasteiger partial charge in [0, 0.05) is 0 Å². The maximum absolute atomic E-state index is 2.28. The zero-order valence-corrected chi connectivity index (χ0v) is 8.68. The summed E-state index contributed by atoms with van der Waals surface area (Å²) in [7, 11) is 4.31. The Labute approximate surface area is 77.1 Å². The van der Waals surface area contributed by atoms with Gasteiger partial charge in [-0.25, -0.2) is 0 Å². The predicted molar refractivity (Wildman–Crippen MR) is 54.4 cm³/mol. The molecule has 0 spiro atoms. The fourth-order valence-corrected chi connectivity index (χ4v) is 1.62. The molecule has 0 atom stereocenters. The van der Waals surface area contributed by atoms with Crippen LogP contribution in [0.15, 0.2) is 0 Å². The smallest absolute Gasteiger partial charge is 0.00248 e. The molecule has 0 N–H and O–H groups in total. The Hall–Kier alpha value is -0.0400. The van der Waals surface area contributed by atoms with Gasteiger partial charge in [0.2, 0.25) is 0 Å². The van der Waals surface area contributed by atoms with Gasteiger partial charge in [-0.1, -0.05) is 38.5 Å². The Morgan fingerprint density at radius 3 is 2.25 bits per heavy atom. The summed E-state index contributed by atoms with van der Waals surface area (Å²) in [6.45, 7) is 1.27. The van der Waals surface area contributed by atoms with Crippen LogP contribution in [-0.4, -0.2) is 25.5 Å². The van der Waals surface area contributed by atoms with E-state index < -0.39 is 0 Å². The summed E-state index contributed by atoms with van der Waals surface area (Å²) < 4.78 is 0. The lowest BCUT2D eigenvalue weighted by Gasteiger charge is -2.08. The van der Waals surface area contributed by atoms with Gasteiger partial charge in [0.15, 0.2) is 0 Å². The highest BCUT2D eigenvalue weighted by Gasteiger charge is 2.19. The van der Waals surface area contributed by atoms with Gasteiger partial charge in [-0.3, -0.25) is 0 Å². The van der Waals surface area contributed by atoms with Crippen molar-refractivity contribution in [2.75, 3.05) is 20.6 Å². The number of hydrogen-bond acceptors (Lipinski definition) is 1. The summed E-state index contributed by atoms with van der Waals surface area (Å²) >= 11 is 0. The number of nitrogens with zero attached hydrogens (tertiary/aromatic N) is 1. The van der Waals surface area contributed by atoms with E-state index in [2.05, 4.69) is 19.0 Å². The molecule has 1 aliphatic carbocycles. The first-order valence-electron chi connectivity index (χ1n) is 5.44. The molecule has 0 amide bonds. The first-order chi connectivity index (χ1) is 5.79. The second-order valence-electron chi connectivity index (χ2n) is 4.45. The van der Waals surface area contributed by atoms with Crippen LogP contribution < -0.4 is 0 Å². The van der Waals surface area contributed by atoms with Gasteiger partial charge in [0.25, 0.3) is 0 Å². The Kier molecular flexibility index (Phi) is 4.67. The maximum atomic E-state index is 2.28. The summed E-state index contributed by atoms with van der Waals surface area (Å²) in [5.74, 6) is 1.14. The summed E-state index contributed by atoms with van der Waals surface area (Å²) in [5, 5.41) is 0.